The van der Waals surface area contributed by atoms with Gasteiger partial charge in [-0.2, -0.15) is 19.6 Å². The number of ether oxygens (including phenoxy) is 1. The van der Waals surface area contributed by atoms with Gasteiger partial charge in [0.15, 0.2) is 5.65 Å². The van der Waals surface area contributed by atoms with Crippen LogP contribution >= 0.6 is 0 Å². The fourth-order valence-electron chi connectivity index (χ4n) is 3.02. The number of carbonyl (C=O) groups is 2. The smallest absolute Gasteiger partial charge is 0.326 e. The van der Waals surface area contributed by atoms with E-state index in [4.69, 9.17) is 4.74 Å². The molecule has 0 unspecified atom stereocenters. The molecule has 1 aliphatic carbocycles. The summed E-state index contributed by atoms with van der Waals surface area (Å²) in [6.07, 6.45) is 5.23. The highest BCUT2D eigenvalue weighted by Crippen LogP contribution is 2.27. The van der Waals surface area contributed by atoms with Crippen molar-refractivity contribution in [2.24, 2.45) is 0 Å². The van der Waals surface area contributed by atoms with Crippen molar-refractivity contribution in [3.8, 4) is 5.75 Å². The number of fused-ring (bicyclic) bond motifs is 1. The molecule has 2 aliphatic rings. The van der Waals surface area contributed by atoms with Gasteiger partial charge >= 0.3 is 6.03 Å². The lowest BCUT2D eigenvalue weighted by Gasteiger charge is -2.11. The van der Waals surface area contributed by atoms with Gasteiger partial charge < -0.3 is 20.7 Å². The molecule has 1 saturated carbocycles. The molecule has 11 heteroatoms. The Hall–Kier alpha value is -4.15. The maximum atomic E-state index is 11.9. The maximum Gasteiger partial charge on any atom is 0.326 e. The quantitative estimate of drug-likeness (QED) is 0.358. The highest BCUT2D eigenvalue weighted by molar-refractivity contribution is 6.14. The van der Waals surface area contributed by atoms with Gasteiger partial charge in [0.05, 0.1) is 13.3 Å². The number of methoxy groups -OCH3 is 1. The van der Waals surface area contributed by atoms with Crippen LogP contribution in [-0.2, 0) is 4.79 Å². The summed E-state index contributed by atoms with van der Waals surface area (Å²) in [4.78, 5) is 32.4. The molecule has 11 nitrogen and oxygen atoms in total. The van der Waals surface area contributed by atoms with Gasteiger partial charge in [0.1, 0.15) is 11.4 Å². The molecule has 1 aliphatic heterocycles. The highest BCUT2D eigenvalue weighted by atomic mass is 16.5. The van der Waals surface area contributed by atoms with E-state index in [1.54, 1.807) is 17.8 Å². The first-order chi connectivity index (χ1) is 14.6. The van der Waals surface area contributed by atoms with Crippen LogP contribution in [0.15, 0.2) is 36.2 Å². The minimum absolute atomic E-state index is 0.132. The minimum atomic E-state index is -0.561. The lowest BCUT2D eigenvalue weighted by atomic mass is 10.2. The number of hydrogen-bond acceptors (Lipinski definition) is 8. The molecule has 152 valence electrons. The summed E-state index contributed by atoms with van der Waals surface area (Å²) in [7, 11) is 1.60. The number of aromatic nitrogens is 4. The number of imide groups is 1. The largest absolute Gasteiger partial charge is 0.497 e. The Morgan fingerprint density at radius 3 is 2.83 bits per heavy atom. The Bertz CT molecular complexity index is 1200. The third kappa shape index (κ3) is 3.48. The summed E-state index contributed by atoms with van der Waals surface area (Å²) >= 11 is 0. The second kappa shape index (κ2) is 7.03. The summed E-state index contributed by atoms with van der Waals surface area (Å²) in [5.74, 6) is 1.10. The molecule has 0 atom stereocenters. The second-order valence-corrected chi connectivity index (χ2v) is 6.95. The molecule has 0 bridgehead atoms. The SMILES string of the molecule is COc1cccc(Nc2nc(NC3CC3)n3ncc(/C=C4\NC(=O)NC4=O)c3n2)c1. The number of benzene rings is 1. The third-order valence-electron chi connectivity index (χ3n) is 4.65. The zero-order chi connectivity index (χ0) is 20.7. The van der Waals surface area contributed by atoms with Crippen LogP contribution in [0, 0.1) is 0 Å². The topological polar surface area (TPSA) is 135 Å². The van der Waals surface area contributed by atoms with Crippen molar-refractivity contribution in [3.63, 3.8) is 0 Å². The van der Waals surface area contributed by atoms with Crippen molar-refractivity contribution in [2.45, 2.75) is 18.9 Å². The predicted molar refractivity (Wildman–Crippen MR) is 108 cm³/mol. The van der Waals surface area contributed by atoms with Crippen molar-refractivity contribution in [3.05, 3.63) is 41.7 Å². The van der Waals surface area contributed by atoms with Crippen LogP contribution in [0.4, 0.5) is 22.4 Å². The molecule has 1 aromatic carbocycles. The van der Waals surface area contributed by atoms with Crippen LogP contribution in [0.2, 0.25) is 0 Å². The maximum absolute atomic E-state index is 11.9. The van der Waals surface area contributed by atoms with E-state index in [9.17, 15) is 9.59 Å². The molecule has 2 aromatic heterocycles. The Kier molecular flexibility index (Phi) is 4.20. The van der Waals surface area contributed by atoms with Crippen molar-refractivity contribution >= 4 is 41.2 Å². The fourth-order valence-corrected chi connectivity index (χ4v) is 3.02. The molecule has 30 heavy (non-hydrogen) atoms. The van der Waals surface area contributed by atoms with E-state index in [0.717, 1.165) is 18.5 Å². The molecule has 0 radical (unpaired) electrons. The van der Waals surface area contributed by atoms with Crippen molar-refractivity contribution in [2.75, 3.05) is 17.7 Å². The molecule has 2 fully saturated rings. The lowest BCUT2D eigenvalue weighted by Crippen LogP contribution is -2.22. The highest BCUT2D eigenvalue weighted by Gasteiger charge is 2.26. The van der Waals surface area contributed by atoms with Gasteiger partial charge in [-0.15, -0.1) is 0 Å². The number of urea groups is 1. The first kappa shape index (κ1) is 17.9. The third-order valence-corrected chi connectivity index (χ3v) is 4.65. The van der Waals surface area contributed by atoms with Crippen LogP contribution in [0.25, 0.3) is 11.7 Å². The average Bonchev–Trinajstić information content (AvgIpc) is 3.37. The van der Waals surface area contributed by atoms with Crippen molar-refractivity contribution in [1.29, 1.82) is 0 Å². The summed E-state index contributed by atoms with van der Waals surface area (Å²) in [6.45, 7) is 0. The average molecular weight is 406 g/mol. The molecule has 1 saturated heterocycles. The Balaban J connectivity index is 1.56. The van der Waals surface area contributed by atoms with E-state index in [0.29, 0.717) is 34.9 Å². The van der Waals surface area contributed by atoms with E-state index in [-0.39, 0.29) is 5.70 Å². The molecule has 3 heterocycles. The molecule has 3 amide bonds. The molecular weight excluding hydrogens is 388 g/mol. The zero-order valence-electron chi connectivity index (χ0n) is 16.0. The first-order valence-electron chi connectivity index (χ1n) is 9.36. The number of amides is 3. The fraction of sp³-hybridized carbons (Fsp3) is 0.211. The van der Waals surface area contributed by atoms with E-state index < -0.39 is 11.9 Å². The molecule has 0 spiro atoms. The molecular formula is C19H18N8O3. The number of rotatable bonds is 6. The molecule has 5 rings (SSSR count). The number of hydrogen-bond donors (Lipinski definition) is 4. The second-order valence-electron chi connectivity index (χ2n) is 6.95. The summed E-state index contributed by atoms with van der Waals surface area (Å²) in [5.41, 5.74) is 1.95. The van der Waals surface area contributed by atoms with Crippen molar-refractivity contribution < 1.29 is 14.3 Å². The van der Waals surface area contributed by atoms with E-state index in [1.807, 2.05) is 24.3 Å². The normalized spacial score (nSPS) is 17.2. The number of carbonyl (C=O) groups excluding carboxylic acids is 2. The Morgan fingerprint density at radius 1 is 1.23 bits per heavy atom. The van der Waals surface area contributed by atoms with Gasteiger partial charge in [-0.3, -0.25) is 10.1 Å². The van der Waals surface area contributed by atoms with Gasteiger partial charge in [-0.05, 0) is 31.1 Å². The van der Waals surface area contributed by atoms with Crippen LogP contribution < -0.4 is 26.0 Å². The predicted octanol–water partition coefficient (Wildman–Crippen LogP) is 1.63. The van der Waals surface area contributed by atoms with Gasteiger partial charge in [-0.1, -0.05) is 6.07 Å². The van der Waals surface area contributed by atoms with Crippen LogP contribution in [0.5, 0.6) is 5.75 Å². The number of nitrogens with one attached hydrogen (secondary N) is 4. The Morgan fingerprint density at radius 2 is 2.10 bits per heavy atom. The van der Waals surface area contributed by atoms with Gasteiger partial charge in [-0.25, -0.2) is 4.79 Å². The molecule has 4 N–H and O–H groups in total. The van der Waals surface area contributed by atoms with Gasteiger partial charge in [0, 0.05) is 23.4 Å². The van der Waals surface area contributed by atoms with E-state index >= 15 is 0 Å². The number of anilines is 3. The van der Waals surface area contributed by atoms with Crippen molar-refractivity contribution in [1.82, 2.24) is 30.2 Å². The van der Waals surface area contributed by atoms with Gasteiger partial charge in [0.25, 0.3) is 5.91 Å². The summed E-state index contributed by atoms with van der Waals surface area (Å²) in [5, 5.41) is 15.5. The lowest BCUT2D eigenvalue weighted by molar-refractivity contribution is -0.115. The van der Waals surface area contributed by atoms with Crippen LogP contribution in [0.1, 0.15) is 18.4 Å². The monoisotopic (exact) mass is 406 g/mol. The van der Waals surface area contributed by atoms with Crippen LogP contribution in [-0.4, -0.2) is 44.7 Å². The Labute approximate surface area is 170 Å². The standard InChI is InChI=1S/C19H18N8O3/c1-30-13-4-2-3-12(8-13)21-17-24-15-10(7-14-16(28)25-19(29)23-14)9-20-27(15)18(26-17)22-11-5-6-11/h2-4,7-9,11H,5-6H2,1H3,(H2,21,22,24,26)(H2,23,25,28,29)/b14-7-. The number of nitrogens with zero attached hydrogens (tertiary/aromatic N) is 4. The minimum Gasteiger partial charge on any atom is -0.497 e. The van der Waals surface area contributed by atoms with Crippen LogP contribution in [0.3, 0.4) is 0 Å². The zero-order valence-corrected chi connectivity index (χ0v) is 16.0. The summed E-state index contributed by atoms with van der Waals surface area (Å²) < 4.78 is 6.84. The molecule has 3 aromatic rings. The van der Waals surface area contributed by atoms with E-state index in [1.165, 1.54) is 6.08 Å². The summed E-state index contributed by atoms with van der Waals surface area (Å²) in [6, 6.07) is 7.20. The van der Waals surface area contributed by atoms with E-state index in [2.05, 4.69) is 36.3 Å². The van der Waals surface area contributed by atoms with Gasteiger partial charge in [0.2, 0.25) is 11.9 Å². The first-order valence-corrected chi connectivity index (χ1v) is 9.36.